The smallest absolute Gasteiger partial charge is 0.258 e. The molecule has 0 spiro atoms. The minimum absolute atomic E-state index is 0. The Kier molecular flexibility index (Phi) is 10.1. The molecular weight excluding hydrogens is 426 g/mol. The number of hydrogen-bond donors (Lipinski definition) is 2. The number of aromatic nitrogens is 1. The van der Waals surface area contributed by atoms with E-state index in [9.17, 15) is 4.79 Å². The van der Waals surface area contributed by atoms with Gasteiger partial charge in [-0.15, -0.1) is 12.4 Å². The number of carbonyl (C=O) groups excluding carboxylic acids is 1. The van der Waals surface area contributed by atoms with Crippen molar-refractivity contribution >= 4 is 29.8 Å². The van der Waals surface area contributed by atoms with Crippen LogP contribution in [0.15, 0.2) is 30.5 Å². The number of hydrogen-bond acceptors (Lipinski definition) is 6. The Balaban J connectivity index is 0.00000363. The summed E-state index contributed by atoms with van der Waals surface area (Å²) in [5.74, 6) is 1.38. The molecule has 1 amide bonds. The molecule has 0 unspecified atom stereocenters. The summed E-state index contributed by atoms with van der Waals surface area (Å²) in [5, 5.41) is 6.80. The lowest BCUT2D eigenvalue weighted by Crippen LogP contribution is -2.44. The van der Waals surface area contributed by atoms with E-state index in [1.807, 2.05) is 49.2 Å². The third-order valence-electron chi connectivity index (χ3n) is 5.70. The van der Waals surface area contributed by atoms with E-state index >= 15 is 0 Å². The van der Waals surface area contributed by atoms with E-state index in [1.54, 1.807) is 7.11 Å². The Morgan fingerprint density at radius 1 is 1.19 bits per heavy atom. The summed E-state index contributed by atoms with van der Waals surface area (Å²) in [7, 11) is 1.67. The number of amides is 1. The highest BCUT2D eigenvalue weighted by Gasteiger charge is 2.29. The van der Waals surface area contributed by atoms with Crippen molar-refractivity contribution < 1.29 is 9.53 Å². The van der Waals surface area contributed by atoms with Crippen molar-refractivity contribution in [3.05, 3.63) is 36.0 Å². The van der Waals surface area contributed by atoms with Crippen molar-refractivity contribution in [2.24, 2.45) is 0 Å². The molecule has 1 aromatic carbocycles. The van der Waals surface area contributed by atoms with Crippen LogP contribution in [-0.2, 0) is 0 Å². The van der Waals surface area contributed by atoms with E-state index in [0.717, 1.165) is 61.7 Å². The van der Waals surface area contributed by atoms with Crippen molar-refractivity contribution in [1.29, 1.82) is 0 Å². The molecule has 2 heterocycles. The van der Waals surface area contributed by atoms with Crippen molar-refractivity contribution in [2.45, 2.75) is 27.2 Å². The van der Waals surface area contributed by atoms with E-state index in [-0.39, 0.29) is 18.3 Å². The molecule has 1 aromatic heterocycles. The normalized spacial score (nSPS) is 13.3. The molecule has 0 aliphatic carbocycles. The van der Waals surface area contributed by atoms with Crippen molar-refractivity contribution in [1.82, 2.24) is 15.2 Å². The number of rotatable bonds is 9. The van der Waals surface area contributed by atoms with Crippen LogP contribution in [0.3, 0.4) is 0 Å². The second-order valence-electron chi connectivity index (χ2n) is 7.58. The molecule has 1 aliphatic rings. The third kappa shape index (κ3) is 5.45. The van der Waals surface area contributed by atoms with E-state index in [4.69, 9.17) is 9.72 Å². The van der Waals surface area contributed by atoms with Crippen molar-refractivity contribution in [3.8, 4) is 16.9 Å². The first-order chi connectivity index (χ1) is 15.2. The first-order valence-electron chi connectivity index (χ1n) is 11.3. The van der Waals surface area contributed by atoms with Gasteiger partial charge in [0.1, 0.15) is 11.6 Å². The van der Waals surface area contributed by atoms with Crippen LogP contribution in [0, 0.1) is 0 Å². The van der Waals surface area contributed by atoms with Gasteiger partial charge < -0.3 is 25.2 Å². The topological polar surface area (TPSA) is 69.7 Å². The molecule has 0 atom stereocenters. The maximum atomic E-state index is 13.8. The van der Waals surface area contributed by atoms with Gasteiger partial charge in [0.25, 0.3) is 5.91 Å². The minimum atomic E-state index is -0.00556. The van der Waals surface area contributed by atoms with E-state index < -0.39 is 0 Å². The van der Waals surface area contributed by atoms with Crippen LogP contribution in [0.5, 0.6) is 5.75 Å². The van der Waals surface area contributed by atoms with Crippen LogP contribution in [-0.4, -0.2) is 68.7 Å². The maximum absolute atomic E-state index is 13.8. The first kappa shape index (κ1) is 25.7. The number of nitrogens with zero attached hydrogens (tertiary/aromatic N) is 3. The molecule has 3 rings (SSSR count). The average Bonchev–Trinajstić information content (AvgIpc) is 2.83. The number of halogens is 1. The van der Waals surface area contributed by atoms with Crippen LogP contribution in [0.2, 0.25) is 0 Å². The number of nitrogens with one attached hydrogen (secondary N) is 2. The van der Waals surface area contributed by atoms with Gasteiger partial charge >= 0.3 is 0 Å². The van der Waals surface area contributed by atoms with E-state index in [0.29, 0.717) is 24.5 Å². The lowest BCUT2D eigenvalue weighted by atomic mass is 9.95. The second kappa shape index (κ2) is 12.5. The van der Waals surface area contributed by atoms with Gasteiger partial charge in [-0.2, -0.15) is 0 Å². The SMILES string of the molecule is CCCNc1ncc(N2CCNCC2)c(-c2ccccc2OC)c1C(=O)N(CC)CC.Cl. The summed E-state index contributed by atoms with van der Waals surface area (Å²) in [6.07, 6.45) is 2.86. The number of carbonyl (C=O) groups is 1. The Morgan fingerprint density at radius 3 is 2.50 bits per heavy atom. The van der Waals surface area contributed by atoms with Crippen LogP contribution in [0.4, 0.5) is 11.5 Å². The van der Waals surface area contributed by atoms with E-state index in [2.05, 4.69) is 22.5 Å². The zero-order valence-corrected chi connectivity index (χ0v) is 20.4. The fourth-order valence-corrected chi connectivity index (χ4v) is 4.03. The molecule has 32 heavy (non-hydrogen) atoms. The molecule has 0 radical (unpaired) electrons. The van der Waals surface area contributed by atoms with Gasteiger partial charge in [0.05, 0.1) is 24.6 Å². The van der Waals surface area contributed by atoms with Crippen molar-refractivity contribution in [3.63, 3.8) is 0 Å². The van der Waals surface area contributed by atoms with Gasteiger partial charge in [0, 0.05) is 56.9 Å². The largest absolute Gasteiger partial charge is 0.496 e. The summed E-state index contributed by atoms with van der Waals surface area (Å²) in [5.41, 5.74) is 3.40. The number of pyridine rings is 1. The molecule has 8 heteroatoms. The molecule has 0 saturated carbocycles. The maximum Gasteiger partial charge on any atom is 0.258 e. The number of ether oxygens (including phenoxy) is 1. The zero-order chi connectivity index (χ0) is 22.2. The summed E-state index contributed by atoms with van der Waals surface area (Å²) in [6.45, 7) is 11.7. The van der Waals surface area contributed by atoms with Gasteiger partial charge in [-0.3, -0.25) is 4.79 Å². The highest BCUT2D eigenvalue weighted by Crippen LogP contribution is 2.42. The van der Waals surface area contributed by atoms with Crippen LogP contribution in [0.25, 0.3) is 11.1 Å². The average molecular weight is 462 g/mol. The van der Waals surface area contributed by atoms with Gasteiger partial charge in [-0.1, -0.05) is 25.1 Å². The molecule has 1 saturated heterocycles. The van der Waals surface area contributed by atoms with Gasteiger partial charge in [-0.25, -0.2) is 4.98 Å². The quantitative estimate of drug-likeness (QED) is 0.590. The summed E-state index contributed by atoms with van der Waals surface area (Å²) >= 11 is 0. The summed E-state index contributed by atoms with van der Waals surface area (Å²) < 4.78 is 5.71. The third-order valence-corrected chi connectivity index (χ3v) is 5.70. The Morgan fingerprint density at radius 2 is 1.88 bits per heavy atom. The van der Waals surface area contributed by atoms with Gasteiger partial charge in [0.15, 0.2) is 0 Å². The highest BCUT2D eigenvalue weighted by molar-refractivity contribution is 6.08. The molecule has 2 aromatic rings. The summed E-state index contributed by atoms with van der Waals surface area (Å²) in [6, 6.07) is 7.92. The van der Waals surface area contributed by atoms with Crippen molar-refractivity contribution in [2.75, 3.05) is 63.1 Å². The monoisotopic (exact) mass is 461 g/mol. The Bertz CT molecular complexity index is 883. The number of para-hydroxylation sites is 1. The second-order valence-corrected chi connectivity index (χ2v) is 7.58. The Labute approximate surface area is 197 Å². The lowest BCUT2D eigenvalue weighted by Gasteiger charge is -2.33. The predicted molar refractivity (Wildman–Crippen MR) is 135 cm³/mol. The molecule has 1 fully saturated rings. The number of benzene rings is 1. The number of methoxy groups -OCH3 is 1. The Hall–Kier alpha value is -2.51. The summed E-state index contributed by atoms with van der Waals surface area (Å²) in [4.78, 5) is 22.7. The molecular formula is C24H36ClN5O2. The number of piperazine rings is 1. The zero-order valence-electron chi connectivity index (χ0n) is 19.6. The standard InChI is InChI=1S/C24H35N5O2.ClH/c1-5-12-26-23-22(24(30)28(6-2)7-3)21(18-10-8-9-11-20(18)31-4)19(17-27-23)29-15-13-25-14-16-29;/h8-11,17,25H,5-7,12-16H2,1-4H3,(H,26,27);1H. The fourth-order valence-electron chi connectivity index (χ4n) is 4.03. The predicted octanol–water partition coefficient (Wildman–Crippen LogP) is 3.89. The van der Waals surface area contributed by atoms with Crippen LogP contribution < -0.4 is 20.3 Å². The molecule has 176 valence electrons. The van der Waals surface area contributed by atoms with Gasteiger partial charge in [-0.05, 0) is 26.3 Å². The highest BCUT2D eigenvalue weighted by atomic mass is 35.5. The molecule has 2 N–H and O–H groups in total. The molecule has 7 nitrogen and oxygen atoms in total. The molecule has 0 bridgehead atoms. The first-order valence-corrected chi connectivity index (χ1v) is 11.3. The minimum Gasteiger partial charge on any atom is -0.496 e. The lowest BCUT2D eigenvalue weighted by molar-refractivity contribution is 0.0774. The number of anilines is 2. The van der Waals surface area contributed by atoms with Crippen LogP contribution >= 0.6 is 12.4 Å². The molecule has 1 aliphatic heterocycles. The van der Waals surface area contributed by atoms with Crippen LogP contribution in [0.1, 0.15) is 37.6 Å². The fraction of sp³-hybridized carbons (Fsp3) is 0.500. The van der Waals surface area contributed by atoms with E-state index in [1.165, 1.54) is 0 Å². The van der Waals surface area contributed by atoms with Gasteiger partial charge in [0.2, 0.25) is 0 Å².